The van der Waals surface area contributed by atoms with Crippen LogP contribution in [0.25, 0.3) is 0 Å². The number of carbonyl (C=O) groups is 4. The van der Waals surface area contributed by atoms with E-state index < -0.39 is 23.7 Å². The van der Waals surface area contributed by atoms with Crippen LogP contribution in [-0.4, -0.2) is 49.5 Å². The lowest BCUT2D eigenvalue weighted by Crippen LogP contribution is -2.43. The quantitative estimate of drug-likeness (QED) is 0.663. The van der Waals surface area contributed by atoms with Gasteiger partial charge in [0.05, 0.1) is 20.0 Å². The summed E-state index contributed by atoms with van der Waals surface area (Å²) in [6.07, 6.45) is 0.430. The third-order valence-electron chi connectivity index (χ3n) is 4.11. The second-order valence-corrected chi connectivity index (χ2v) is 7.61. The first-order chi connectivity index (χ1) is 13.3. The molecule has 1 amide bonds. The molecule has 0 spiro atoms. The van der Waals surface area contributed by atoms with E-state index >= 15 is 0 Å². The number of fused-ring (bicyclic) bond motifs is 1. The first kappa shape index (κ1) is 21.7. The van der Waals surface area contributed by atoms with Gasteiger partial charge in [0.1, 0.15) is 10.9 Å². The van der Waals surface area contributed by atoms with Gasteiger partial charge in [-0.25, -0.2) is 4.79 Å². The van der Waals surface area contributed by atoms with Crippen molar-refractivity contribution in [2.24, 2.45) is 5.92 Å². The smallest absolute Gasteiger partial charge is 0.328 e. The molecular formula is C20H23NO6S. The molecule has 2 rings (SSSR count). The molecule has 1 aromatic rings. The molecule has 0 radical (unpaired) electrons. The van der Waals surface area contributed by atoms with Crippen molar-refractivity contribution < 1.29 is 28.7 Å². The lowest BCUT2D eigenvalue weighted by atomic mass is 9.93. The number of ether oxygens (including phenoxy) is 2. The molecule has 1 aliphatic rings. The first-order valence-electron chi connectivity index (χ1n) is 8.76. The molecule has 0 aromatic heterocycles. The lowest BCUT2D eigenvalue weighted by molar-refractivity contribution is -0.145. The standard InChI is InChI=1S/C20H23NO6S/c1-11(2)9-14(20(25)27-4)21-15(22)10-28-19-17(24)13-8-6-5-7-12(13)16(23)18(19)26-3/h5-8,11,14H,9-10H2,1-4H3,(H,21,22)/t14-/m0/s1. The zero-order valence-corrected chi connectivity index (χ0v) is 17.1. The third kappa shape index (κ3) is 4.81. The number of amides is 1. The van der Waals surface area contributed by atoms with Gasteiger partial charge in [0.15, 0.2) is 5.76 Å². The maximum atomic E-state index is 12.7. The van der Waals surface area contributed by atoms with Crippen molar-refractivity contribution in [3.8, 4) is 0 Å². The highest BCUT2D eigenvalue weighted by Crippen LogP contribution is 2.33. The SMILES string of the molecule is COC(=O)[C@H](CC(C)C)NC(=O)CSC1=C(OC)C(=O)c2ccccc2C1=O. The molecule has 0 unspecified atom stereocenters. The highest BCUT2D eigenvalue weighted by atomic mass is 32.2. The van der Waals surface area contributed by atoms with Crippen LogP contribution in [-0.2, 0) is 19.1 Å². The minimum absolute atomic E-state index is 0.0757. The van der Waals surface area contributed by atoms with Gasteiger partial charge in [-0.1, -0.05) is 38.1 Å². The van der Waals surface area contributed by atoms with Crippen molar-refractivity contribution in [2.75, 3.05) is 20.0 Å². The summed E-state index contributed by atoms with van der Waals surface area (Å²) in [4.78, 5) is 49.6. The van der Waals surface area contributed by atoms with E-state index in [0.717, 1.165) is 11.8 Å². The Morgan fingerprint density at radius 3 is 2.21 bits per heavy atom. The number of ketones is 2. The molecular weight excluding hydrogens is 382 g/mol. The van der Waals surface area contributed by atoms with Crippen molar-refractivity contribution in [3.05, 3.63) is 46.1 Å². The van der Waals surface area contributed by atoms with Crippen LogP contribution in [0.15, 0.2) is 34.9 Å². The molecule has 1 N–H and O–H groups in total. The Hall–Kier alpha value is -2.61. The predicted molar refractivity (Wildman–Crippen MR) is 105 cm³/mol. The molecule has 150 valence electrons. The third-order valence-corrected chi connectivity index (χ3v) is 5.18. The Kier molecular flexibility index (Phi) is 7.39. The van der Waals surface area contributed by atoms with E-state index in [2.05, 4.69) is 5.32 Å². The van der Waals surface area contributed by atoms with Crippen LogP contribution >= 0.6 is 11.8 Å². The largest absolute Gasteiger partial charge is 0.491 e. The van der Waals surface area contributed by atoms with Gasteiger partial charge in [0, 0.05) is 11.1 Å². The Labute approximate surface area is 167 Å². The van der Waals surface area contributed by atoms with Crippen molar-refractivity contribution in [1.82, 2.24) is 5.32 Å². The number of allylic oxidation sites excluding steroid dienone is 2. The number of thioether (sulfide) groups is 1. The van der Waals surface area contributed by atoms with Crippen molar-refractivity contribution in [2.45, 2.75) is 26.3 Å². The second kappa shape index (κ2) is 9.54. The maximum Gasteiger partial charge on any atom is 0.328 e. The van der Waals surface area contributed by atoms with E-state index in [-0.39, 0.29) is 39.2 Å². The summed E-state index contributed by atoms with van der Waals surface area (Å²) in [5, 5.41) is 2.62. The highest BCUT2D eigenvalue weighted by molar-refractivity contribution is 8.04. The number of methoxy groups -OCH3 is 2. The van der Waals surface area contributed by atoms with Crippen molar-refractivity contribution >= 4 is 35.2 Å². The first-order valence-corrected chi connectivity index (χ1v) is 9.75. The number of esters is 1. The van der Waals surface area contributed by atoms with Gasteiger partial charge >= 0.3 is 5.97 Å². The minimum Gasteiger partial charge on any atom is -0.491 e. The summed E-state index contributed by atoms with van der Waals surface area (Å²) in [6, 6.07) is 5.71. The topological polar surface area (TPSA) is 98.8 Å². The van der Waals surface area contributed by atoms with Crippen LogP contribution in [0, 0.1) is 5.92 Å². The zero-order valence-electron chi connectivity index (χ0n) is 16.2. The van der Waals surface area contributed by atoms with Crippen LogP contribution in [0.3, 0.4) is 0 Å². The number of Topliss-reactive ketones (excluding diaryl/α,β-unsaturated/α-hetero) is 2. The van der Waals surface area contributed by atoms with E-state index in [4.69, 9.17) is 9.47 Å². The van der Waals surface area contributed by atoms with E-state index in [0.29, 0.717) is 6.42 Å². The number of hydrogen-bond donors (Lipinski definition) is 1. The number of benzene rings is 1. The highest BCUT2D eigenvalue weighted by Gasteiger charge is 2.34. The lowest BCUT2D eigenvalue weighted by Gasteiger charge is -2.20. The zero-order chi connectivity index (χ0) is 20.8. The molecule has 0 heterocycles. The maximum absolute atomic E-state index is 12.7. The second-order valence-electron chi connectivity index (χ2n) is 6.63. The van der Waals surface area contributed by atoms with Crippen LogP contribution in [0.5, 0.6) is 0 Å². The molecule has 0 saturated heterocycles. The average Bonchev–Trinajstić information content (AvgIpc) is 2.68. The molecule has 7 nitrogen and oxygen atoms in total. The molecule has 1 aliphatic carbocycles. The molecule has 8 heteroatoms. The van der Waals surface area contributed by atoms with Gasteiger partial charge in [-0.05, 0) is 12.3 Å². The molecule has 1 atom stereocenters. The summed E-state index contributed by atoms with van der Waals surface area (Å²) in [5.41, 5.74) is 0.560. The predicted octanol–water partition coefficient (Wildman–Crippen LogP) is 2.36. The van der Waals surface area contributed by atoms with Gasteiger partial charge in [0.2, 0.25) is 17.5 Å². The van der Waals surface area contributed by atoms with E-state index in [1.165, 1.54) is 14.2 Å². The Morgan fingerprint density at radius 2 is 1.68 bits per heavy atom. The van der Waals surface area contributed by atoms with Gasteiger partial charge < -0.3 is 14.8 Å². The van der Waals surface area contributed by atoms with E-state index in [9.17, 15) is 19.2 Å². The monoisotopic (exact) mass is 405 g/mol. The molecule has 0 fully saturated rings. The molecule has 1 aromatic carbocycles. The fraction of sp³-hybridized carbons (Fsp3) is 0.400. The summed E-state index contributed by atoms with van der Waals surface area (Å²) in [5.74, 6) is -1.77. The fourth-order valence-electron chi connectivity index (χ4n) is 2.85. The van der Waals surface area contributed by atoms with Crippen LogP contribution in [0.1, 0.15) is 41.0 Å². The average molecular weight is 405 g/mol. The molecule has 28 heavy (non-hydrogen) atoms. The summed E-state index contributed by atoms with van der Waals surface area (Å²) < 4.78 is 9.87. The Balaban J connectivity index is 2.13. The molecule has 0 aliphatic heterocycles. The summed E-state index contributed by atoms with van der Waals surface area (Å²) >= 11 is 0.914. The fourth-order valence-corrected chi connectivity index (χ4v) is 3.75. The van der Waals surface area contributed by atoms with Crippen molar-refractivity contribution in [3.63, 3.8) is 0 Å². The molecule has 0 saturated carbocycles. The number of nitrogens with one attached hydrogen (secondary N) is 1. The van der Waals surface area contributed by atoms with Crippen LogP contribution in [0.2, 0.25) is 0 Å². The van der Waals surface area contributed by atoms with E-state index in [1.54, 1.807) is 24.3 Å². The normalized spacial score (nSPS) is 14.6. The van der Waals surface area contributed by atoms with E-state index in [1.807, 2.05) is 13.8 Å². The van der Waals surface area contributed by atoms with Gasteiger partial charge in [-0.3, -0.25) is 14.4 Å². The van der Waals surface area contributed by atoms with Gasteiger partial charge in [-0.2, -0.15) is 0 Å². The summed E-state index contributed by atoms with van der Waals surface area (Å²) in [6.45, 7) is 3.85. The van der Waals surface area contributed by atoms with Gasteiger partial charge in [0.25, 0.3) is 0 Å². The van der Waals surface area contributed by atoms with Crippen LogP contribution < -0.4 is 5.32 Å². The Bertz CT molecular complexity index is 830. The van der Waals surface area contributed by atoms with Crippen molar-refractivity contribution in [1.29, 1.82) is 0 Å². The van der Waals surface area contributed by atoms with Crippen LogP contribution in [0.4, 0.5) is 0 Å². The number of carbonyl (C=O) groups excluding carboxylic acids is 4. The number of hydrogen-bond acceptors (Lipinski definition) is 7. The number of rotatable bonds is 8. The Morgan fingerprint density at radius 1 is 1.07 bits per heavy atom. The molecule has 0 bridgehead atoms. The summed E-state index contributed by atoms with van der Waals surface area (Å²) in [7, 11) is 2.57. The minimum atomic E-state index is -0.765. The van der Waals surface area contributed by atoms with Gasteiger partial charge in [-0.15, -0.1) is 11.8 Å².